The average Bonchev–Trinajstić information content (AvgIpc) is 2.97. The molecule has 0 saturated carbocycles. The van der Waals surface area contributed by atoms with Crippen LogP contribution >= 0.6 is 0 Å². The van der Waals surface area contributed by atoms with Crippen LogP contribution in [0, 0.1) is 0 Å². The first-order chi connectivity index (χ1) is 11.1. The number of carboxylic acids is 2. The molecule has 0 aliphatic carbocycles. The fraction of sp³-hybridized carbons (Fsp3) is 0.176. The largest absolute Gasteiger partial charge is 0.478 e. The van der Waals surface area contributed by atoms with Gasteiger partial charge in [-0.2, -0.15) is 0 Å². The topological polar surface area (TPSA) is 91.6 Å². The van der Waals surface area contributed by atoms with E-state index in [0.29, 0.717) is 13.1 Å². The molecule has 1 aliphatic rings. The number of hydrogen-bond acceptors (Lipinski definition) is 3. The Balaban J connectivity index is 2.06. The molecule has 3 rings (SSSR count). The Morgan fingerprint density at radius 1 is 1.13 bits per heavy atom. The number of aliphatic carboxylic acids is 2. The summed E-state index contributed by atoms with van der Waals surface area (Å²) in [5, 5.41) is 21.4. The predicted octanol–water partition coefficient (Wildman–Crippen LogP) is 1.89. The second-order valence-corrected chi connectivity index (χ2v) is 5.29. The van der Waals surface area contributed by atoms with E-state index in [0.717, 1.165) is 23.0 Å². The molecule has 1 aromatic carbocycles. The number of hydrogen-bond donors (Lipinski definition) is 3. The number of benzene rings is 1. The zero-order valence-corrected chi connectivity index (χ0v) is 12.3. The van der Waals surface area contributed by atoms with Crippen molar-refractivity contribution in [2.24, 2.45) is 0 Å². The van der Waals surface area contributed by atoms with Crippen molar-refractivity contribution in [1.29, 1.82) is 0 Å². The molecular weight excluding hydrogens is 296 g/mol. The molecule has 6 nitrogen and oxygen atoms in total. The lowest BCUT2D eigenvalue weighted by Gasteiger charge is -2.28. The molecular formula is C17H16N2O4. The fourth-order valence-corrected chi connectivity index (χ4v) is 2.94. The standard InChI is InChI=1S/C17H16N2O4/c20-15(21)10-12(17(22)23)16-14-7-6-13(19(14)9-8-18-16)11-4-2-1-3-5-11/h1-7,10,16,18H,8-9H2,(H,20,21)(H,22,23). The molecule has 0 radical (unpaired) electrons. The summed E-state index contributed by atoms with van der Waals surface area (Å²) >= 11 is 0. The Morgan fingerprint density at radius 2 is 1.87 bits per heavy atom. The van der Waals surface area contributed by atoms with Gasteiger partial charge in [0, 0.05) is 30.6 Å². The van der Waals surface area contributed by atoms with Crippen molar-refractivity contribution in [2.75, 3.05) is 6.54 Å². The number of aromatic nitrogens is 1. The number of rotatable bonds is 4. The van der Waals surface area contributed by atoms with Gasteiger partial charge in [-0.1, -0.05) is 30.3 Å². The first-order valence-electron chi connectivity index (χ1n) is 7.24. The predicted molar refractivity (Wildman–Crippen MR) is 84.0 cm³/mol. The summed E-state index contributed by atoms with van der Waals surface area (Å²) in [5.74, 6) is -2.50. The second kappa shape index (κ2) is 6.10. The Bertz CT molecular complexity index is 777. The molecule has 3 N–H and O–H groups in total. The lowest BCUT2D eigenvalue weighted by atomic mass is 10.0. The van der Waals surface area contributed by atoms with Gasteiger partial charge in [0.05, 0.1) is 11.6 Å². The smallest absolute Gasteiger partial charge is 0.333 e. The van der Waals surface area contributed by atoms with Crippen molar-refractivity contribution >= 4 is 11.9 Å². The van der Waals surface area contributed by atoms with Crippen LogP contribution in [-0.2, 0) is 16.1 Å². The third-order valence-electron chi connectivity index (χ3n) is 3.90. The Morgan fingerprint density at radius 3 is 2.52 bits per heavy atom. The minimum absolute atomic E-state index is 0.170. The maximum absolute atomic E-state index is 11.4. The van der Waals surface area contributed by atoms with Crippen LogP contribution in [0.2, 0.25) is 0 Å². The van der Waals surface area contributed by atoms with E-state index in [2.05, 4.69) is 5.32 Å². The molecule has 6 heteroatoms. The molecule has 2 heterocycles. The highest BCUT2D eigenvalue weighted by atomic mass is 16.4. The Kier molecular flexibility index (Phi) is 3.99. The van der Waals surface area contributed by atoms with E-state index in [9.17, 15) is 14.7 Å². The van der Waals surface area contributed by atoms with Gasteiger partial charge in [-0.3, -0.25) is 0 Å². The number of nitrogens with one attached hydrogen (secondary N) is 1. The van der Waals surface area contributed by atoms with Crippen LogP contribution in [0.5, 0.6) is 0 Å². The SMILES string of the molecule is O=C(O)C=C(C(=O)O)C1NCCn2c(-c3ccccc3)ccc21. The van der Waals surface area contributed by atoms with Crippen molar-refractivity contribution in [3.8, 4) is 11.3 Å². The molecule has 0 bridgehead atoms. The Hall–Kier alpha value is -2.86. The number of nitrogens with zero attached hydrogens (tertiary/aromatic N) is 1. The lowest BCUT2D eigenvalue weighted by molar-refractivity contribution is -0.135. The van der Waals surface area contributed by atoms with Crippen LogP contribution in [0.25, 0.3) is 11.3 Å². The van der Waals surface area contributed by atoms with Gasteiger partial charge < -0.3 is 20.1 Å². The minimum atomic E-state index is -1.27. The van der Waals surface area contributed by atoms with Gasteiger partial charge in [0.1, 0.15) is 0 Å². The zero-order chi connectivity index (χ0) is 16.4. The van der Waals surface area contributed by atoms with Gasteiger partial charge in [0.15, 0.2) is 0 Å². The molecule has 23 heavy (non-hydrogen) atoms. The van der Waals surface area contributed by atoms with Crippen LogP contribution in [0.3, 0.4) is 0 Å². The monoisotopic (exact) mass is 312 g/mol. The van der Waals surface area contributed by atoms with Crippen molar-refractivity contribution in [3.05, 3.63) is 59.8 Å². The van der Waals surface area contributed by atoms with E-state index in [1.54, 1.807) is 0 Å². The summed E-state index contributed by atoms with van der Waals surface area (Å²) in [4.78, 5) is 22.4. The zero-order valence-electron chi connectivity index (χ0n) is 12.3. The number of fused-ring (bicyclic) bond motifs is 1. The number of carbonyl (C=O) groups is 2. The van der Waals surface area contributed by atoms with Crippen LogP contribution in [0.1, 0.15) is 11.7 Å². The first-order valence-corrected chi connectivity index (χ1v) is 7.24. The van der Waals surface area contributed by atoms with Gasteiger partial charge >= 0.3 is 11.9 Å². The molecule has 1 aromatic heterocycles. The molecule has 0 amide bonds. The quantitative estimate of drug-likeness (QED) is 0.750. The highest BCUT2D eigenvalue weighted by molar-refractivity contribution is 5.96. The normalized spacial score (nSPS) is 17.6. The van der Waals surface area contributed by atoms with E-state index in [1.807, 2.05) is 47.0 Å². The van der Waals surface area contributed by atoms with Crippen LogP contribution in [0.4, 0.5) is 0 Å². The van der Waals surface area contributed by atoms with Gasteiger partial charge in [-0.25, -0.2) is 9.59 Å². The summed E-state index contributed by atoms with van der Waals surface area (Å²) < 4.78 is 2.04. The molecule has 0 fully saturated rings. The van der Waals surface area contributed by atoms with Gasteiger partial charge in [-0.05, 0) is 17.7 Å². The lowest BCUT2D eigenvalue weighted by Crippen LogP contribution is -2.36. The van der Waals surface area contributed by atoms with Gasteiger partial charge in [0.2, 0.25) is 0 Å². The summed E-state index contributed by atoms with van der Waals surface area (Å²) in [6.07, 6.45) is 0.755. The third kappa shape index (κ3) is 2.89. The minimum Gasteiger partial charge on any atom is -0.478 e. The van der Waals surface area contributed by atoms with Crippen molar-refractivity contribution < 1.29 is 19.8 Å². The Labute approximate surface area is 132 Å². The molecule has 1 aliphatic heterocycles. The number of carboxylic acid groups (broad SMARTS) is 2. The fourth-order valence-electron chi connectivity index (χ4n) is 2.94. The maximum atomic E-state index is 11.4. The van der Waals surface area contributed by atoms with Gasteiger partial charge in [-0.15, -0.1) is 0 Å². The van der Waals surface area contributed by atoms with E-state index in [-0.39, 0.29) is 5.57 Å². The first kappa shape index (κ1) is 15.1. The molecule has 0 spiro atoms. The summed E-state index contributed by atoms with van der Waals surface area (Å²) in [6.45, 7) is 1.26. The molecule has 1 atom stereocenters. The maximum Gasteiger partial charge on any atom is 0.333 e. The highest BCUT2D eigenvalue weighted by Crippen LogP contribution is 2.31. The molecule has 1 unspecified atom stereocenters. The summed E-state index contributed by atoms with van der Waals surface area (Å²) in [7, 11) is 0. The third-order valence-corrected chi connectivity index (χ3v) is 3.90. The average molecular weight is 312 g/mol. The van der Waals surface area contributed by atoms with Crippen LogP contribution in [-0.4, -0.2) is 33.3 Å². The van der Waals surface area contributed by atoms with Crippen molar-refractivity contribution in [2.45, 2.75) is 12.6 Å². The highest BCUT2D eigenvalue weighted by Gasteiger charge is 2.29. The van der Waals surface area contributed by atoms with E-state index >= 15 is 0 Å². The van der Waals surface area contributed by atoms with Crippen LogP contribution < -0.4 is 5.32 Å². The van der Waals surface area contributed by atoms with Crippen LogP contribution in [0.15, 0.2) is 54.1 Å². The summed E-state index contributed by atoms with van der Waals surface area (Å²) in [6, 6.07) is 12.9. The van der Waals surface area contributed by atoms with E-state index in [4.69, 9.17) is 5.11 Å². The van der Waals surface area contributed by atoms with Gasteiger partial charge in [0.25, 0.3) is 0 Å². The second-order valence-electron chi connectivity index (χ2n) is 5.29. The van der Waals surface area contributed by atoms with E-state index in [1.165, 1.54) is 0 Å². The van der Waals surface area contributed by atoms with Crippen molar-refractivity contribution in [1.82, 2.24) is 9.88 Å². The van der Waals surface area contributed by atoms with Crippen molar-refractivity contribution in [3.63, 3.8) is 0 Å². The molecule has 0 saturated heterocycles. The molecule has 118 valence electrons. The van der Waals surface area contributed by atoms with E-state index < -0.39 is 18.0 Å². The summed E-state index contributed by atoms with van der Waals surface area (Å²) in [5.41, 5.74) is 2.62. The molecule has 2 aromatic rings.